The van der Waals surface area contributed by atoms with Gasteiger partial charge in [0.25, 0.3) is 0 Å². The Balaban J connectivity index is 1.59. The van der Waals surface area contributed by atoms with Gasteiger partial charge in [-0.3, -0.25) is 4.90 Å². The third-order valence-corrected chi connectivity index (χ3v) is 6.32. The normalized spacial score (nSPS) is 15.0. The van der Waals surface area contributed by atoms with Gasteiger partial charge in [-0.25, -0.2) is 9.79 Å². The van der Waals surface area contributed by atoms with Crippen molar-refractivity contribution in [3.63, 3.8) is 0 Å². The van der Waals surface area contributed by atoms with Crippen molar-refractivity contribution in [1.82, 2.24) is 9.88 Å². The molecule has 3 aromatic carbocycles. The van der Waals surface area contributed by atoms with Crippen molar-refractivity contribution >= 4 is 28.3 Å². The van der Waals surface area contributed by atoms with Gasteiger partial charge in [0.15, 0.2) is 5.88 Å². The number of H-pyrrole nitrogens is 1. The van der Waals surface area contributed by atoms with Crippen LogP contribution in [-0.4, -0.2) is 44.9 Å². The number of carboxylic acids is 1. The summed E-state index contributed by atoms with van der Waals surface area (Å²) < 4.78 is 0. The maximum Gasteiger partial charge on any atom is 0.335 e. The van der Waals surface area contributed by atoms with Crippen molar-refractivity contribution in [3.8, 4) is 5.88 Å². The van der Waals surface area contributed by atoms with E-state index in [9.17, 15) is 15.0 Å². The second-order valence-corrected chi connectivity index (χ2v) is 8.75. The van der Waals surface area contributed by atoms with Crippen molar-refractivity contribution in [3.05, 3.63) is 95.1 Å². The molecule has 1 aliphatic rings. The first kappa shape index (κ1) is 21.9. The molecular weight excluding hydrogens is 426 g/mol. The molecule has 6 heteroatoms. The topological polar surface area (TPSA) is 88.9 Å². The van der Waals surface area contributed by atoms with Crippen LogP contribution >= 0.6 is 0 Å². The molecule has 0 saturated carbocycles. The fourth-order valence-electron chi connectivity index (χ4n) is 4.65. The lowest BCUT2D eigenvalue weighted by molar-refractivity contribution is 0.0697. The van der Waals surface area contributed by atoms with Crippen molar-refractivity contribution in [2.24, 2.45) is 4.99 Å². The molecule has 1 saturated heterocycles. The molecule has 172 valence electrons. The summed E-state index contributed by atoms with van der Waals surface area (Å²) in [7, 11) is 0. The molecule has 3 N–H and O–H groups in total. The van der Waals surface area contributed by atoms with Crippen LogP contribution in [0.4, 0.5) is 5.69 Å². The second-order valence-electron chi connectivity index (χ2n) is 8.75. The third-order valence-electron chi connectivity index (χ3n) is 6.32. The largest absolute Gasteiger partial charge is 0.494 e. The van der Waals surface area contributed by atoms with Gasteiger partial charge in [-0.05, 0) is 55.8 Å². The first-order valence-electron chi connectivity index (χ1n) is 11.6. The number of benzene rings is 3. The van der Waals surface area contributed by atoms with E-state index in [-0.39, 0.29) is 11.4 Å². The molecule has 2 heterocycles. The zero-order chi connectivity index (χ0) is 23.5. The highest BCUT2D eigenvalue weighted by atomic mass is 16.4. The fraction of sp³-hybridized carbons (Fsp3) is 0.214. The van der Waals surface area contributed by atoms with E-state index in [0.29, 0.717) is 16.8 Å². The number of likely N-dealkylation sites (tertiary alicyclic amines) is 1. The van der Waals surface area contributed by atoms with Gasteiger partial charge in [-0.1, -0.05) is 55.0 Å². The zero-order valence-corrected chi connectivity index (χ0v) is 18.9. The Labute approximate surface area is 198 Å². The highest BCUT2D eigenvalue weighted by Gasteiger charge is 2.20. The van der Waals surface area contributed by atoms with Gasteiger partial charge in [0, 0.05) is 23.0 Å². The van der Waals surface area contributed by atoms with E-state index in [1.807, 2.05) is 42.5 Å². The summed E-state index contributed by atoms with van der Waals surface area (Å²) >= 11 is 0. The van der Waals surface area contributed by atoms with Gasteiger partial charge < -0.3 is 15.2 Å². The first-order chi connectivity index (χ1) is 16.6. The molecule has 0 atom stereocenters. The number of aromatic carboxylic acids is 1. The number of nitrogens with one attached hydrogen (secondary N) is 1. The summed E-state index contributed by atoms with van der Waals surface area (Å²) in [5, 5.41) is 20.9. The van der Waals surface area contributed by atoms with E-state index >= 15 is 0 Å². The van der Waals surface area contributed by atoms with Gasteiger partial charge in [-0.15, -0.1) is 0 Å². The minimum atomic E-state index is -1.01. The second kappa shape index (κ2) is 9.53. The number of rotatable bonds is 6. The SMILES string of the molecule is O=C(O)c1ccc2c(C(=Nc3cccc(CN4CCCCC4)c3)c3ccccc3)c(O)[nH]c2c1. The summed E-state index contributed by atoms with van der Waals surface area (Å²) in [6, 6.07) is 22.7. The van der Waals surface area contributed by atoms with Gasteiger partial charge >= 0.3 is 5.97 Å². The van der Waals surface area contributed by atoms with E-state index in [0.717, 1.165) is 36.3 Å². The van der Waals surface area contributed by atoms with E-state index in [4.69, 9.17) is 4.99 Å². The van der Waals surface area contributed by atoms with Gasteiger partial charge in [0.1, 0.15) is 0 Å². The molecule has 0 radical (unpaired) electrons. The Bertz CT molecular complexity index is 1350. The predicted octanol–water partition coefficient (Wildman–Crippen LogP) is 5.73. The lowest BCUT2D eigenvalue weighted by Gasteiger charge is -2.26. The predicted molar refractivity (Wildman–Crippen MR) is 134 cm³/mol. The summed E-state index contributed by atoms with van der Waals surface area (Å²) in [4.78, 5) is 21.8. The molecule has 1 aromatic heterocycles. The molecule has 0 bridgehead atoms. The minimum absolute atomic E-state index is 0.0374. The summed E-state index contributed by atoms with van der Waals surface area (Å²) in [6.45, 7) is 3.16. The molecule has 6 nitrogen and oxygen atoms in total. The number of hydrogen-bond acceptors (Lipinski definition) is 4. The molecule has 1 fully saturated rings. The molecule has 1 aliphatic heterocycles. The van der Waals surface area contributed by atoms with Gasteiger partial charge in [-0.2, -0.15) is 0 Å². The van der Waals surface area contributed by atoms with E-state index in [1.165, 1.54) is 30.9 Å². The molecule has 34 heavy (non-hydrogen) atoms. The van der Waals surface area contributed by atoms with Crippen molar-refractivity contribution in [2.75, 3.05) is 13.1 Å². The number of fused-ring (bicyclic) bond motifs is 1. The van der Waals surface area contributed by atoms with Crippen LogP contribution < -0.4 is 0 Å². The van der Waals surface area contributed by atoms with Gasteiger partial charge in [0.2, 0.25) is 0 Å². The van der Waals surface area contributed by atoms with Gasteiger partial charge in [0.05, 0.1) is 22.5 Å². The Morgan fingerprint density at radius 2 is 1.71 bits per heavy atom. The number of aliphatic imine (C=N–C) groups is 1. The summed E-state index contributed by atoms with van der Waals surface area (Å²) in [5.41, 5.74) is 4.78. The van der Waals surface area contributed by atoms with E-state index < -0.39 is 5.97 Å². The average molecular weight is 454 g/mol. The Kier molecular flexibility index (Phi) is 6.14. The lowest BCUT2D eigenvalue weighted by atomic mass is 10.00. The fourth-order valence-corrected chi connectivity index (χ4v) is 4.65. The van der Waals surface area contributed by atoms with Crippen LogP contribution in [0.15, 0.2) is 77.8 Å². The molecule has 5 rings (SSSR count). The van der Waals surface area contributed by atoms with Crippen molar-refractivity contribution in [2.45, 2.75) is 25.8 Å². The summed E-state index contributed by atoms with van der Waals surface area (Å²) in [6.07, 6.45) is 3.81. The third kappa shape index (κ3) is 4.58. The zero-order valence-electron chi connectivity index (χ0n) is 18.9. The van der Waals surface area contributed by atoms with Crippen LogP contribution in [-0.2, 0) is 6.54 Å². The van der Waals surface area contributed by atoms with Crippen LogP contribution in [0, 0.1) is 0 Å². The number of piperidine rings is 1. The highest BCUT2D eigenvalue weighted by molar-refractivity contribution is 6.22. The Morgan fingerprint density at radius 3 is 2.47 bits per heavy atom. The monoisotopic (exact) mass is 453 g/mol. The molecule has 0 unspecified atom stereocenters. The van der Waals surface area contributed by atoms with E-state index in [2.05, 4.69) is 22.0 Å². The van der Waals surface area contributed by atoms with Crippen molar-refractivity contribution in [1.29, 1.82) is 0 Å². The maximum atomic E-state index is 11.4. The standard InChI is InChI=1S/C28H27N3O3/c32-27-25(23-13-12-21(28(33)34)17-24(23)30-27)26(20-9-3-1-4-10-20)29-22-11-7-8-19(16-22)18-31-14-5-2-6-15-31/h1,3-4,7-13,16-17,30,32H,2,5-6,14-15,18H2,(H,33,34). The minimum Gasteiger partial charge on any atom is -0.494 e. The van der Waals surface area contributed by atoms with Crippen LogP contribution in [0.2, 0.25) is 0 Å². The number of aromatic nitrogens is 1. The van der Waals surface area contributed by atoms with Crippen molar-refractivity contribution < 1.29 is 15.0 Å². The number of aromatic hydroxyl groups is 1. The molecule has 0 aliphatic carbocycles. The van der Waals surface area contributed by atoms with Crippen LogP contribution in [0.25, 0.3) is 10.9 Å². The van der Waals surface area contributed by atoms with Crippen LogP contribution in [0.1, 0.15) is 46.3 Å². The number of hydrogen-bond donors (Lipinski definition) is 3. The molecule has 4 aromatic rings. The average Bonchev–Trinajstić information content (AvgIpc) is 3.18. The van der Waals surface area contributed by atoms with Crippen LogP contribution in [0.5, 0.6) is 5.88 Å². The number of carbonyl (C=O) groups is 1. The Hall–Kier alpha value is -3.90. The number of carboxylic acid groups (broad SMARTS) is 1. The lowest BCUT2D eigenvalue weighted by Crippen LogP contribution is -2.28. The quantitative estimate of drug-likeness (QED) is 0.326. The van der Waals surface area contributed by atoms with Crippen LogP contribution in [0.3, 0.4) is 0 Å². The number of nitrogens with zero attached hydrogens (tertiary/aromatic N) is 2. The maximum absolute atomic E-state index is 11.4. The number of aromatic amines is 1. The Morgan fingerprint density at radius 1 is 0.912 bits per heavy atom. The van der Waals surface area contributed by atoms with E-state index in [1.54, 1.807) is 12.1 Å². The highest BCUT2D eigenvalue weighted by Crippen LogP contribution is 2.32. The molecule has 0 spiro atoms. The first-order valence-corrected chi connectivity index (χ1v) is 11.6. The molecular formula is C28H27N3O3. The smallest absolute Gasteiger partial charge is 0.335 e. The molecule has 0 amide bonds. The summed E-state index contributed by atoms with van der Waals surface area (Å²) in [5.74, 6) is -1.05.